The number of sulfonamides is 1. The molecule has 0 aliphatic rings. The van der Waals surface area contributed by atoms with E-state index in [2.05, 4.69) is 0 Å². The summed E-state index contributed by atoms with van der Waals surface area (Å²) in [6, 6.07) is 0. The van der Waals surface area contributed by atoms with Crippen molar-refractivity contribution in [3.05, 3.63) is 0 Å². The predicted octanol–water partition coefficient (Wildman–Crippen LogP) is 0.188. The fraction of sp³-hybridized carbons (Fsp3) is 1.00. The highest BCUT2D eigenvalue weighted by molar-refractivity contribution is 7.89. The topological polar surface area (TPSA) is 66.4 Å². The third-order valence-corrected chi connectivity index (χ3v) is 3.07. The Hall–Kier alpha value is -0.270. The molecule has 0 fully saturated rings. The molecule has 14 heavy (non-hydrogen) atoms. The van der Waals surface area contributed by atoms with Crippen molar-refractivity contribution >= 4 is 10.0 Å². The lowest BCUT2D eigenvalue weighted by molar-refractivity contribution is -0.000456. The van der Waals surface area contributed by atoms with Crippen molar-refractivity contribution in [2.75, 3.05) is 12.3 Å². The minimum Gasteiger partial charge on any atom is -0.386 e. The summed E-state index contributed by atoms with van der Waals surface area (Å²) in [5, 5.41) is 8.65. The molecule has 86 valence electrons. The van der Waals surface area contributed by atoms with Crippen LogP contribution in [0.2, 0.25) is 0 Å². The van der Waals surface area contributed by atoms with Crippen LogP contribution in [0, 0.1) is 5.92 Å². The van der Waals surface area contributed by atoms with Gasteiger partial charge in [0.15, 0.2) is 0 Å². The average molecular weight is 231 g/mol. The molecule has 0 saturated carbocycles. The Bertz CT molecular complexity index is 254. The van der Waals surface area contributed by atoms with Gasteiger partial charge in [-0.25, -0.2) is 21.9 Å². The summed E-state index contributed by atoms with van der Waals surface area (Å²) in [6.45, 7) is 2.75. The van der Waals surface area contributed by atoms with Gasteiger partial charge in [-0.3, -0.25) is 0 Å². The highest BCUT2D eigenvalue weighted by Gasteiger charge is 2.20. The van der Waals surface area contributed by atoms with Crippen LogP contribution in [0.3, 0.4) is 0 Å². The molecule has 4 nitrogen and oxygen atoms in total. The van der Waals surface area contributed by atoms with Crippen molar-refractivity contribution in [3.8, 4) is 0 Å². The van der Waals surface area contributed by atoms with E-state index in [1.54, 1.807) is 13.8 Å². The molecule has 1 atom stereocenters. The van der Waals surface area contributed by atoms with Crippen molar-refractivity contribution in [2.45, 2.75) is 26.4 Å². The van der Waals surface area contributed by atoms with Crippen molar-refractivity contribution < 1.29 is 22.3 Å². The van der Waals surface area contributed by atoms with E-state index in [0.29, 0.717) is 0 Å². The first kappa shape index (κ1) is 13.7. The molecular weight excluding hydrogens is 216 g/mol. The summed E-state index contributed by atoms with van der Waals surface area (Å²) in [7, 11) is -3.55. The third kappa shape index (κ3) is 6.22. The monoisotopic (exact) mass is 231 g/mol. The molecule has 0 saturated heterocycles. The molecular formula is C7H15F2NO3S. The largest absolute Gasteiger partial charge is 0.386 e. The molecule has 0 aliphatic heterocycles. The fourth-order valence-corrected chi connectivity index (χ4v) is 2.22. The number of aliphatic hydroxyl groups excluding tert-OH is 1. The number of rotatable bonds is 6. The number of hydrogen-bond acceptors (Lipinski definition) is 3. The lowest BCUT2D eigenvalue weighted by Gasteiger charge is -2.12. The van der Waals surface area contributed by atoms with E-state index in [1.165, 1.54) is 0 Å². The number of halogens is 2. The van der Waals surface area contributed by atoms with Gasteiger partial charge in [0, 0.05) is 6.54 Å². The second-order valence-corrected chi connectivity index (χ2v) is 5.28. The first-order valence-electron chi connectivity index (χ1n) is 4.18. The van der Waals surface area contributed by atoms with E-state index >= 15 is 0 Å². The van der Waals surface area contributed by atoms with E-state index in [-0.39, 0.29) is 11.7 Å². The zero-order valence-electron chi connectivity index (χ0n) is 8.07. The molecule has 0 bridgehead atoms. The van der Waals surface area contributed by atoms with Gasteiger partial charge in [0.2, 0.25) is 10.0 Å². The van der Waals surface area contributed by atoms with E-state index in [4.69, 9.17) is 5.11 Å². The summed E-state index contributed by atoms with van der Waals surface area (Å²) < 4.78 is 47.7. The van der Waals surface area contributed by atoms with Crippen molar-refractivity contribution in [1.82, 2.24) is 4.72 Å². The zero-order valence-corrected chi connectivity index (χ0v) is 8.89. The molecule has 0 aliphatic carbocycles. The van der Waals surface area contributed by atoms with Gasteiger partial charge in [-0.2, -0.15) is 0 Å². The Kier molecular flexibility index (Phi) is 5.46. The second-order valence-electron chi connectivity index (χ2n) is 3.43. The summed E-state index contributed by atoms with van der Waals surface area (Å²) in [4.78, 5) is 0. The first-order valence-corrected chi connectivity index (χ1v) is 5.83. The Labute approximate surface area is 82.4 Å². The van der Waals surface area contributed by atoms with Crippen LogP contribution >= 0.6 is 0 Å². The molecule has 0 aromatic carbocycles. The lowest BCUT2D eigenvalue weighted by Crippen LogP contribution is -2.37. The zero-order chi connectivity index (χ0) is 11.4. The molecule has 0 rings (SSSR count). The molecule has 1 unspecified atom stereocenters. The Morgan fingerprint density at radius 2 is 1.86 bits per heavy atom. The van der Waals surface area contributed by atoms with E-state index in [1.807, 2.05) is 4.72 Å². The van der Waals surface area contributed by atoms with Crippen LogP contribution in [0.15, 0.2) is 0 Å². The normalized spacial score (nSPS) is 15.1. The van der Waals surface area contributed by atoms with Gasteiger partial charge in [-0.15, -0.1) is 0 Å². The van der Waals surface area contributed by atoms with Crippen LogP contribution in [0.25, 0.3) is 0 Å². The summed E-state index contributed by atoms with van der Waals surface area (Å²) in [5.41, 5.74) is 0. The van der Waals surface area contributed by atoms with Crippen LogP contribution < -0.4 is 4.72 Å². The fourth-order valence-electron chi connectivity index (χ4n) is 0.799. The molecule has 0 spiro atoms. The Morgan fingerprint density at radius 3 is 2.21 bits per heavy atom. The van der Waals surface area contributed by atoms with Crippen LogP contribution in [0.1, 0.15) is 13.8 Å². The smallest absolute Gasteiger partial charge is 0.265 e. The first-order chi connectivity index (χ1) is 6.24. The molecule has 0 radical (unpaired) electrons. The number of hydrogen-bond donors (Lipinski definition) is 2. The molecule has 0 amide bonds. The van der Waals surface area contributed by atoms with Crippen molar-refractivity contribution in [3.63, 3.8) is 0 Å². The Balaban J connectivity index is 4.00. The maximum absolute atomic E-state index is 11.8. The highest BCUT2D eigenvalue weighted by atomic mass is 32.2. The standard InChI is InChI=1S/C7H15F2NO3S/c1-5(2)4-14(12,13)10-3-6(11)7(8)9/h5-7,10-11H,3-4H2,1-2H3. The minimum atomic E-state index is -3.55. The maximum atomic E-state index is 11.8. The Morgan fingerprint density at radius 1 is 1.36 bits per heavy atom. The van der Waals surface area contributed by atoms with Crippen LogP contribution in [0.5, 0.6) is 0 Å². The van der Waals surface area contributed by atoms with Gasteiger partial charge in [-0.1, -0.05) is 13.8 Å². The van der Waals surface area contributed by atoms with E-state index in [0.717, 1.165) is 0 Å². The summed E-state index contributed by atoms with van der Waals surface area (Å²) >= 11 is 0. The van der Waals surface area contributed by atoms with Gasteiger partial charge in [0.05, 0.1) is 5.75 Å². The number of nitrogens with one attached hydrogen (secondary N) is 1. The maximum Gasteiger partial charge on any atom is 0.265 e. The number of alkyl halides is 2. The SMILES string of the molecule is CC(C)CS(=O)(=O)NCC(O)C(F)F. The van der Waals surface area contributed by atoms with Gasteiger partial charge in [0.1, 0.15) is 6.10 Å². The lowest BCUT2D eigenvalue weighted by atomic mass is 10.3. The molecule has 2 N–H and O–H groups in total. The molecule has 0 heterocycles. The van der Waals surface area contributed by atoms with Gasteiger partial charge < -0.3 is 5.11 Å². The van der Waals surface area contributed by atoms with Crippen LogP contribution in [-0.2, 0) is 10.0 Å². The van der Waals surface area contributed by atoms with Crippen LogP contribution in [0.4, 0.5) is 8.78 Å². The third-order valence-electron chi connectivity index (χ3n) is 1.36. The van der Waals surface area contributed by atoms with Gasteiger partial charge >= 0.3 is 0 Å². The summed E-state index contributed by atoms with van der Waals surface area (Å²) in [6.07, 6.45) is -4.88. The van der Waals surface area contributed by atoms with Crippen LogP contribution in [-0.4, -0.2) is 38.4 Å². The molecule has 0 aromatic heterocycles. The van der Waals surface area contributed by atoms with Crippen molar-refractivity contribution in [2.24, 2.45) is 5.92 Å². The van der Waals surface area contributed by atoms with E-state index in [9.17, 15) is 17.2 Å². The van der Waals surface area contributed by atoms with Gasteiger partial charge in [-0.05, 0) is 5.92 Å². The highest BCUT2D eigenvalue weighted by Crippen LogP contribution is 2.01. The second kappa shape index (κ2) is 5.57. The van der Waals surface area contributed by atoms with Crippen molar-refractivity contribution in [1.29, 1.82) is 0 Å². The van der Waals surface area contributed by atoms with Gasteiger partial charge in [0.25, 0.3) is 6.43 Å². The quantitative estimate of drug-likeness (QED) is 0.685. The summed E-state index contributed by atoms with van der Waals surface area (Å²) in [5.74, 6) is -0.223. The molecule has 0 aromatic rings. The minimum absolute atomic E-state index is 0.0869. The van der Waals surface area contributed by atoms with E-state index < -0.39 is 29.1 Å². The predicted molar refractivity (Wildman–Crippen MR) is 48.6 cm³/mol. The number of aliphatic hydroxyl groups is 1. The molecule has 7 heteroatoms. The average Bonchev–Trinajstić information content (AvgIpc) is 1.97.